The molecule has 0 aromatic heterocycles. The van der Waals surface area contributed by atoms with Crippen LogP contribution >= 0.6 is 0 Å². The van der Waals surface area contributed by atoms with Crippen LogP contribution in [0.2, 0.25) is 0 Å². The average Bonchev–Trinajstić information content (AvgIpc) is 2.22. The maximum Gasteiger partial charge on any atom is 0.0431 e. The fraction of sp³-hybridized carbons (Fsp3) is 0.500. The number of aliphatic hydroxyl groups excluding tert-OH is 1. The van der Waals surface area contributed by atoms with Crippen LogP contribution in [0.1, 0.15) is 18.4 Å². The first-order valence-corrected chi connectivity index (χ1v) is 5.37. The second-order valence-electron chi connectivity index (χ2n) is 3.87. The van der Waals surface area contributed by atoms with Gasteiger partial charge in [0.05, 0.1) is 0 Å². The lowest BCUT2D eigenvalue weighted by atomic mass is 10.1. The van der Waals surface area contributed by atoms with E-state index in [1.165, 1.54) is 5.56 Å². The maximum atomic E-state index is 8.67. The summed E-state index contributed by atoms with van der Waals surface area (Å²) >= 11 is 0. The lowest BCUT2D eigenvalue weighted by Gasteiger charge is -2.17. The van der Waals surface area contributed by atoms with Crippen LogP contribution in [0, 0.1) is 0 Å². The third-order valence-electron chi connectivity index (χ3n) is 2.44. The fourth-order valence-electron chi connectivity index (χ4n) is 1.54. The van der Waals surface area contributed by atoms with Crippen LogP contribution < -0.4 is 5.73 Å². The van der Waals surface area contributed by atoms with Crippen LogP contribution in [-0.2, 0) is 6.54 Å². The minimum absolute atomic E-state index is 0.279. The summed E-state index contributed by atoms with van der Waals surface area (Å²) in [5.41, 5.74) is 7.88. The molecule has 0 fully saturated rings. The second-order valence-corrected chi connectivity index (χ2v) is 3.87. The van der Waals surface area contributed by atoms with E-state index >= 15 is 0 Å². The number of nitrogens with zero attached hydrogens (tertiary/aromatic N) is 1. The summed E-state index contributed by atoms with van der Waals surface area (Å²) in [5, 5.41) is 8.67. The predicted molar refractivity (Wildman–Crippen MR) is 63.5 cm³/mol. The molecule has 0 unspecified atom stereocenters. The maximum absolute atomic E-state index is 8.67. The van der Waals surface area contributed by atoms with Crippen molar-refractivity contribution in [1.82, 2.24) is 4.90 Å². The Bertz CT molecular complexity index is 289. The Morgan fingerprint density at radius 2 is 2.00 bits per heavy atom. The van der Waals surface area contributed by atoms with Gasteiger partial charge in [-0.25, -0.2) is 0 Å². The first-order chi connectivity index (χ1) is 7.24. The van der Waals surface area contributed by atoms with Crippen LogP contribution in [0.15, 0.2) is 24.3 Å². The van der Waals surface area contributed by atoms with Gasteiger partial charge in [-0.1, -0.05) is 18.2 Å². The molecule has 0 aliphatic heterocycles. The monoisotopic (exact) mass is 208 g/mol. The summed E-state index contributed by atoms with van der Waals surface area (Å²) < 4.78 is 0. The fourth-order valence-corrected chi connectivity index (χ4v) is 1.54. The van der Waals surface area contributed by atoms with Crippen LogP contribution in [0.3, 0.4) is 0 Å². The highest BCUT2D eigenvalue weighted by atomic mass is 16.2. The van der Waals surface area contributed by atoms with E-state index < -0.39 is 0 Å². The Balaban J connectivity index is 2.37. The number of anilines is 1. The molecule has 0 amide bonds. The van der Waals surface area contributed by atoms with Crippen molar-refractivity contribution in [3.63, 3.8) is 0 Å². The summed E-state index contributed by atoms with van der Waals surface area (Å²) in [5.74, 6) is 0. The van der Waals surface area contributed by atoms with Crippen LogP contribution in [0.25, 0.3) is 0 Å². The zero-order valence-corrected chi connectivity index (χ0v) is 9.32. The number of benzene rings is 1. The lowest BCUT2D eigenvalue weighted by Crippen LogP contribution is -2.20. The minimum atomic E-state index is 0.279. The average molecular weight is 208 g/mol. The molecule has 0 aliphatic rings. The molecule has 0 saturated heterocycles. The van der Waals surface area contributed by atoms with Crippen molar-refractivity contribution in [2.45, 2.75) is 19.4 Å². The van der Waals surface area contributed by atoms with Gasteiger partial charge < -0.3 is 15.7 Å². The van der Waals surface area contributed by atoms with Crippen molar-refractivity contribution in [3.05, 3.63) is 29.8 Å². The number of hydrogen-bond acceptors (Lipinski definition) is 3. The highest BCUT2D eigenvalue weighted by molar-refractivity contribution is 5.46. The van der Waals surface area contributed by atoms with Crippen molar-refractivity contribution in [3.8, 4) is 0 Å². The normalized spacial score (nSPS) is 10.9. The zero-order valence-electron chi connectivity index (χ0n) is 9.32. The number of unbranched alkanes of at least 4 members (excludes halogenated alkanes) is 1. The smallest absolute Gasteiger partial charge is 0.0431 e. The zero-order chi connectivity index (χ0) is 11.1. The molecule has 1 rings (SSSR count). The standard InChI is InChI=1S/C12H20N2O/c1-14(8-4-5-9-15)10-11-6-2-3-7-12(11)13/h2-3,6-7,15H,4-5,8-10,13H2,1H3. The Morgan fingerprint density at radius 1 is 1.27 bits per heavy atom. The van der Waals surface area contributed by atoms with Gasteiger partial charge in [0.2, 0.25) is 0 Å². The molecule has 3 nitrogen and oxygen atoms in total. The first kappa shape index (κ1) is 12.0. The Labute approximate surface area is 91.5 Å². The van der Waals surface area contributed by atoms with Crippen molar-refractivity contribution >= 4 is 5.69 Å². The first-order valence-electron chi connectivity index (χ1n) is 5.37. The quantitative estimate of drug-likeness (QED) is 0.550. The van der Waals surface area contributed by atoms with Gasteiger partial charge in [-0.2, -0.15) is 0 Å². The Hall–Kier alpha value is -1.06. The lowest BCUT2D eigenvalue weighted by molar-refractivity contribution is 0.261. The van der Waals surface area contributed by atoms with Crippen LogP contribution in [0.5, 0.6) is 0 Å². The molecule has 0 bridgehead atoms. The third kappa shape index (κ3) is 4.32. The second kappa shape index (κ2) is 6.43. The van der Waals surface area contributed by atoms with Crippen molar-refractivity contribution in [2.75, 3.05) is 25.9 Å². The molecule has 3 heteroatoms. The number of para-hydroxylation sites is 1. The van der Waals surface area contributed by atoms with Gasteiger partial charge in [-0.15, -0.1) is 0 Å². The molecular formula is C12H20N2O. The molecule has 0 heterocycles. The van der Waals surface area contributed by atoms with Crippen molar-refractivity contribution in [2.24, 2.45) is 0 Å². The van der Waals surface area contributed by atoms with Crippen molar-refractivity contribution < 1.29 is 5.11 Å². The molecule has 1 aromatic rings. The molecule has 0 atom stereocenters. The summed E-state index contributed by atoms with van der Waals surface area (Å²) in [7, 11) is 2.07. The van der Waals surface area contributed by atoms with E-state index in [0.717, 1.165) is 31.6 Å². The molecule has 3 N–H and O–H groups in total. The number of rotatable bonds is 6. The number of aliphatic hydroxyl groups is 1. The minimum Gasteiger partial charge on any atom is -0.398 e. The van der Waals surface area contributed by atoms with Crippen molar-refractivity contribution in [1.29, 1.82) is 0 Å². The van der Waals surface area contributed by atoms with E-state index in [0.29, 0.717) is 0 Å². The number of nitrogen functional groups attached to an aromatic ring is 1. The van der Waals surface area contributed by atoms with Gasteiger partial charge in [0, 0.05) is 18.8 Å². The SMILES string of the molecule is CN(CCCCO)Cc1ccccc1N. The van der Waals surface area contributed by atoms with Crippen LogP contribution in [-0.4, -0.2) is 30.2 Å². The highest BCUT2D eigenvalue weighted by Crippen LogP contribution is 2.12. The van der Waals surface area contributed by atoms with E-state index in [2.05, 4.69) is 18.0 Å². The summed E-state index contributed by atoms with van der Waals surface area (Å²) in [6, 6.07) is 7.94. The summed E-state index contributed by atoms with van der Waals surface area (Å²) in [6.45, 7) is 2.15. The largest absolute Gasteiger partial charge is 0.398 e. The Kier molecular flexibility index (Phi) is 5.15. The molecule has 1 aromatic carbocycles. The van der Waals surface area contributed by atoms with Gasteiger partial charge >= 0.3 is 0 Å². The van der Waals surface area contributed by atoms with Gasteiger partial charge in [-0.3, -0.25) is 0 Å². The molecule has 15 heavy (non-hydrogen) atoms. The van der Waals surface area contributed by atoms with E-state index in [4.69, 9.17) is 10.8 Å². The van der Waals surface area contributed by atoms with E-state index in [1.54, 1.807) is 0 Å². The van der Waals surface area contributed by atoms with E-state index in [-0.39, 0.29) is 6.61 Å². The molecular weight excluding hydrogens is 188 g/mol. The predicted octanol–water partition coefficient (Wildman–Crippen LogP) is 1.47. The van der Waals surface area contributed by atoms with E-state index in [1.807, 2.05) is 18.2 Å². The third-order valence-corrected chi connectivity index (χ3v) is 2.44. The number of nitrogens with two attached hydrogens (primary N) is 1. The summed E-state index contributed by atoms with van der Waals surface area (Å²) in [4.78, 5) is 2.22. The Morgan fingerprint density at radius 3 is 2.67 bits per heavy atom. The van der Waals surface area contributed by atoms with Gasteiger partial charge in [-0.05, 0) is 38.1 Å². The molecule has 84 valence electrons. The van der Waals surface area contributed by atoms with E-state index in [9.17, 15) is 0 Å². The molecule has 0 spiro atoms. The molecule has 0 radical (unpaired) electrons. The summed E-state index contributed by atoms with van der Waals surface area (Å²) in [6.07, 6.45) is 1.90. The molecule has 0 saturated carbocycles. The van der Waals surface area contributed by atoms with Crippen LogP contribution in [0.4, 0.5) is 5.69 Å². The topological polar surface area (TPSA) is 49.5 Å². The molecule has 0 aliphatic carbocycles. The highest BCUT2D eigenvalue weighted by Gasteiger charge is 2.02. The van der Waals surface area contributed by atoms with Gasteiger partial charge in [0.25, 0.3) is 0 Å². The van der Waals surface area contributed by atoms with Gasteiger partial charge in [0.1, 0.15) is 0 Å². The number of hydrogen-bond donors (Lipinski definition) is 2. The van der Waals surface area contributed by atoms with Gasteiger partial charge in [0.15, 0.2) is 0 Å².